The monoisotopic (exact) mass is 209 g/mol. The second-order valence-electron chi connectivity index (χ2n) is 4.07. The highest BCUT2D eigenvalue weighted by atomic mass is 16.5. The van der Waals surface area contributed by atoms with Crippen LogP contribution in [0, 0.1) is 5.92 Å². The number of hydrogen-bond acceptors (Lipinski definition) is 3. The first-order chi connectivity index (χ1) is 7.11. The molecule has 3 nitrogen and oxygen atoms in total. The first-order valence-corrected chi connectivity index (χ1v) is 5.31. The van der Waals surface area contributed by atoms with Crippen LogP contribution in [0.4, 0.5) is 5.69 Å². The van der Waals surface area contributed by atoms with E-state index in [0.717, 1.165) is 12.8 Å². The molecule has 0 unspecified atom stereocenters. The molecular weight excluding hydrogens is 190 g/mol. The van der Waals surface area contributed by atoms with Gasteiger partial charge in [-0.25, -0.2) is 0 Å². The number of phenolic OH excluding ortho intramolecular Hbond substituents is 1. The highest BCUT2D eigenvalue weighted by molar-refractivity contribution is 5.61. The molecule has 3 N–H and O–H groups in total. The van der Waals surface area contributed by atoms with Crippen LogP contribution in [0.5, 0.6) is 11.5 Å². The summed E-state index contributed by atoms with van der Waals surface area (Å²) in [5.74, 6) is 1.34. The number of aromatic hydroxyl groups is 1. The van der Waals surface area contributed by atoms with E-state index in [4.69, 9.17) is 10.5 Å². The molecule has 0 heterocycles. The van der Waals surface area contributed by atoms with E-state index < -0.39 is 0 Å². The molecule has 0 atom stereocenters. The Balaban J connectivity index is 2.41. The van der Waals surface area contributed by atoms with Gasteiger partial charge in [-0.05, 0) is 30.9 Å². The lowest BCUT2D eigenvalue weighted by Crippen LogP contribution is -2.01. The van der Waals surface area contributed by atoms with Gasteiger partial charge in [-0.3, -0.25) is 0 Å². The van der Waals surface area contributed by atoms with Crippen molar-refractivity contribution >= 4 is 5.69 Å². The maximum absolute atomic E-state index is 9.34. The van der Waals surface area contributed by atoms with Gasteiger partial charge >= 0.3 is 0 Å². The van der Waals surface area contributed by atoms with E-state index in [9.17, 15) is 5.11 Å². The molecule has 0 saturated carbocycles. The molecule has 0 bridgehead atoms. The van der Waals surface area contributed by atoms with Crippen molar-refractivity contribution in [2.45, 2.75) is 26.7 Å². The van der Waals surface area contributed by atoms with Gasteiger partial charge in [-0.2, -0.15) is 0 Å². The van der Waals surface area contributed by atoms with Gasteiger partial charge in [-0.15, -0.1) is 0 Å². The predicted molar refractivity (Wildman–Crippen MR) is 62.1 cm³/mol. The Morgan fingerprint density at radius 1 is 1.40 bits per heavy atom. The second kappa shape index (κ2) is 5.49. The normalized spacial score (nSPS) is 10.6. The van der Waals surface area contributed by atoms with Gasteiger partial charge in [-0.1, -0.05) is 19.9 Å². The minimum atomic E-state index is 0.0800. The molecule has 1 aromatic carbocycles. The second-order valence-corrected chi connectivity index (χ2v) is 4.07. The molecule has 1 aromatic rings. The zero-order chi connectivity index (χ0) is 11.3. The zero-order valence-electron chi connectivity index (χ0n) is 9.36. The molecule has 0 aliphatic heterocycles. The van der Waals surface area contributed by atoms with Gasteiger partial charge in [0.1, 0.15) is 17.2 Å². The summed E-state index contributed by atoms with van der Waals surface area (Å²) < 4.78 is 5.48. The van der Waals surface area contributed by atoms with E-state index in [1.807, 2.05) is 0 Å². The van der Waals surface area contributed by atoms with Crippen LogP contribution < -0.4 is 10.5 Å². The predicted octanol–water partition coefficient (Wildman–Crippen LogP) is 2.79. The number of hydrogen-bond donors (Lipinski definition) is 2. The highest BCUT2D eigenvalue weighted by Gasteiger charge is 2.04. The fraction of sp³-hybridized carbons (Fsp3) is 0.500. The van der Waals surface area contributed by atoms with E-state index >= 15 is 0 Å². The summed E-state index contributed by atoms with van der Waals surface area (Å²) in [5.41, 5.74) is 5.97. The quantitative estimate of drug-likeness (QED) is 0.445. The number of benzene rings is 1. The average molecular weight is 209 g/mol. The molecule has 0 aliphatic rings. The molecule has 0 fully saturated rings. The van der Waals surface area contributed by atoms with Crippen molar-refractivity contribution in [3.8, 4) is 11.5 Å². The lowest BCUT2D eigenvalue weighted by molar-refractivity contribution is 0.298. The molecule has 0 aliphatic carbocycles. The Hall–Kier alpha value is -1.38. The third-order valence-electron chi connectivity index (χ3n) is 2.23. The topological polar surface area (TPSA) is 55.5 Å². The van der Waals surface area contributed by atoms with Crippen LogP contribution in [-0.2, 0) is 0 Å². The van der Waals surface area contributed by atoms with Crippen LogP contribution in [0.2, 0.25) is 0 Å². The minimum Gasteiger partial charge on any atom is -0.506 e. The van der Waals surface area contributed by atoms with Gasteiger partial charge in [0, 0.05) is 0 Å². The number of nitrogens with two attached hydrogens (primary N) is 1. The van der Waals surface area contributed by atoms with Crippen molar-refractivity contribution in [3.63, 3.8) is 0 Å². The summed E-state index contributed by atoms with van der Waals surface area (Å²) in [7, 11) is 0. The number of anilines is 1. The van der Waals surface area contributed by atoms with Crippen LogP contribution >= 0.6 is 0 Å². The van der Waals surface area contributed by atoms with Gasteiger partial charge < -0.3 is 15.6 Å². The van der Waals surface area contributed by atoms with Gasteiger partial charge in [0.05, 0.1) is 6.61 Å². The van der Waals surface area contributed by atoms with E-state index in [0.29, 0.717) is 24.0 Å². The molecule has 0 amide bonds. The maximum Gasteiger partial charge on any atom is 0.145 e. The Morgan fingerprint density at radius 3 is 2.80 bits per heavy atom. The molecule has 84 valence electrons. The van der Waals surface area contributed by atoms with Crippen LogP contribution in [0.25, 0.3) is 0 Å². The number of para-hydroxylation sites is 1. The molecule has 15 heavy (non-hydrogen) atoms. The Bertz CT molecular complexity index is 310. The molecule has 0 aromatic heterocycles. The largest absolute Gasteiger partial charge is 0.506 e. The van der Waals surface area contributed by atoms with Crippen molar-refractivity contribution in [3.05, 3.63) is 18.2 Å². The highest BCUT2D eigenvalue weighted by Crippen LogP contribution is 2.30. The third kappa shape index (κ3) is 3.70. The minimum absolute atomic E-state index is 0.0800. The van der Waals surface area contributed by atoms with Crippen molar-refractivity contribution in [2.24, 2.45) is 5.92 Å². The molecule has 1 rings (SSSR count). The van der Waals surface area contributed by atoms with E-state index in [1.165, 1.54) is 0 Å². The van der Waals surface area contributed by atoms with E-state index in [-0.39, 0.29) is 5.75 Å². The summed E-state index contributed by atoms with van der Waals surface area (Å²) in [6.07, 6.45) is 2.14. The first-order valence-electron chi connectivity index (χ1n) is 5.31. The van der Waals surface area contributed by atoms with Crippen molar-refractivity contribution in [1.82, 2.24) is 0 Å². The Morgan fingerprint density at radius 2 is 2.13 bits per heavy atom. The lowest BCUT2D eigenvalue weighted by Gasteiger charge is -2.10. The summed E-state index contributed by atoms with van der Waals surface area (Å²) in [4.78, 5) is 0. The van der Waals surface area contributed by atoms with Crippen molar-refractivity contribution < 1.29 is 9.84 Å². The first kappa shape index (κ1) is 11.7. The smallest absolute Gasteiger partial charge is 0.145 e. The SMILES string of the molecule is CC(C)CCCOc1cccc(O)c1N. The number of nitrogen functional groups attached to an aromatic ring is 1. The molecule has 0 spiro atoms. The summed E-state index contributed by atoms with van der Waals surface area (Å²) in [6, 6.07) is 5.05. The van der Waals surface area contributed by atoms with Gasteiger partial charge in [0.15, 0.2) is 0 Å². The number of rotatable bonds is 5. The van der Waals surface area contributed by atoms with E-state index in [2.05, 4.69) is 13.8 Å². The molecular formula is C12H19NO2. The standard InChI is InChI=1S/C12H19NO2/c1-9(2)5-4-8-15-11-7-3-6-10(14)12(11)13/h3,6-7,9,14H,4-5,8,13H2,1-2H3. The third-order valence-corrected chi connectivity index (χ3v) is 2.23. The maximum atomic E-state index is 9.34. The number of ether oxygens (including phenoxy) is 1. The zero-order valence-corrected chi connectivity index (χ0v) is 9.36. The van der Waals surface area contributed by atoms with Crippen LogP contribution in [0.1, 0.15) is 26.7 Å². The van der Waals surface area contributed by atoms with Crippen LogP contribution in [0.15, 0.2) is 18.2 Å². The summed E-state index contributed by atoms with van der Waals surface area (Å²) >= 11 is 0. The van der Waals surface area contributed by atoms with E-state index in [1.54, 1.807) is 18.2 Å². The fourth-order valence-electron chi connectivity index (χ4n) is 1.33. The van der Waals surface area contributed by atoms with Gasteiger partial charge in [0.2, 0.25) is 0 Å². The molecule has 3 heteroatoms. The fourth-order valence-corrected chi connectivity index (χ4v) is 1.33. The summed E-state index contributed by atoms with van der Waals surface area (Å²) in [5, 5.41) is 9.34. The molecule has 0 saturated heterocycles. The van der Waals surface area contributed by atoms with Crippen LogP contribution in [-0.4, -0.2) is 11.7 Å². The van der Waals surface area contributed by atoms with Crippen molar-refractivity contribution in [1.29, 1.82) is 0 Å². The van der Waals surface area contributed by atoms with Crippen molar-refractivity contribution in [2.75, 3.05) is 12.3 Å². The molecule has 0 radical (unpaired) electrons. The van der Waals surface area contributed by atoms with Gasteiger partial charge in [0.25, 0.3) is 0 Å². The lowest BCUT2D eigenvalue weighted by atomic mass is 10.1. The number of phenols is 1. The average Bonchev–Trinajstić information content (AvgIpc) is 2.18. The Labute approximate surface area is 90.9 Å². The Kier molecular flexibility index (Phi) is 4.28. The van der Waals surface area contributed by atoms with Crippen LogP contribution in [0.3, 0.4) is 0 Å². The summed E-state index contributed by atoms with van der Waals surface area (Å²) in [6.45, 7) is 5.01.